The number of hydrogen-bond acceptors (Lipinski definition) is 3. The zero-order valence-electron chi connectivity index (χ0n) is 5.72. The molecule has 1 rings (SSSR count). The van der Waals surface area contributed by atoms with E-state index in [1.54, 1.807) is 18.7 Å². The molecule has 1 nitrogen and oxygen atoms in total. The molecular weight excluding hydrogens is 164 g/mol. The van der Waals surface area contributed by atoms with E-state index < -0.39 is 0 Å². The van der Waals surface area contributed by atoms with Gasteiger partial charge in [-0.1, -0.05) is 29.6 Å². The Morgan fingerprint density at radius 3 is 3.00 bits per heavy atom. The number of allylic oxidation sites excluding steroid dienone is 1. The average Bonchev–Trinajstić information content (AvgIpc) is 2.13. The first-order valence-corrected chi connectivity index (χ1v) is 4.34. The van der Waals surface area contributed by atoms with E-state index in [-0.39, 0.29) is 5.78 Å². The van der Waals surface area contributed by atoms with Gasteiger partial charge in [-0.15, -0.1) is 0 Å². The largest absolute Gasteiger partial charge is 0.300 e. The first-order valence-electron chi connectivity index (χ1n) is 3.05. The molecule has 0 fully saturated rings. The van der Waals surface area contributed by atoms with Crippen LogP contribution in [0.15, 0.2) is 11.0 Å². The second kappa shape index (κ2) is 3.30. The van der Waals surface area contributed by atoms with E-state index in [1.807, 2.05) is 5.41 Å². The first kappa shape index (κ1) is 7.95. The van der Waals surface area contributed by atoms with Crippen molar-refractivity contribution in [3.63, 3.8) is 0 Å². The molecule has 0 saturated carbocycles. The quantitative estimate of drug-likeness (QED) is 0.595. The summed E-state index contributed by atoms with van der Waals surface area (Å²) in [6.45, 7) is 1.60. The van der Waals surface area contributed by atoms with Gasteiger partial charge < -0.3 is 0 Å². The van der Waals surface area contributed by atoms with Crippen molar-refractivity contribution in [3.8, 4) is 0 Å². The molecule has 0 bridgehead atoms. The number of thiocarbonyl (C=S) groups is 1. The zero-order valence-corrected chi connectivity index (χ0v) is 7.35. The molecule has 54 valence electrons. The van der Waals surface area contributed by atoms with Crippen LogP contribution in [-0.2, 0) is 4.79 Å². The van der Waals surface area contributed by atoms with Gasteiger partial charge in [-0.3, -0.25) is 4.79 Å². The second-order valence-electron chi connectivity index (χ2n) is 2.32. The molecule has 0 radical (unpaired) electrons. The van der Waals surface area contributed by atoms with Crippen molar-refractivity contribution in [3.05, 3.63) is 11.0 Å². The van der Waals surface area contributed by atoms with Crippen molar-refractivity contribution in [2.45, 2.75) is 19.8 Å². The number of rotatable bonds is 2. The maximum atomic E-state index is 10.6. The van der Waals surface area contributed by atoms with Crippen molar-refractivity contribution in [1.29, 1.82) is 0 Å². The molecule has 0 N–H and O–H groups in total. The minimum Gasteiger partial charge on any atom is -0.300 e. The molecule has 0 aromatic rings. The fourth-order valence-electron chi connectivity index (χ4n) is 0.842. The van der Waals surface area contributed by atoms with E-state index in [4.69, 9.17) is 12.2 Å². The van der Waals surface area contributed by atoms with Crippen molar-refractivity contribution in [1.82, 2.24) is 0 Å². The van der Waals surface area contributed by atoms with E-state index in [2.05, 4.69) is 0 Å². The molecule has 1 aliphatic rings. The monoisotopic (exact) mass is 172 g/mol. The Kier molecular flexibility index (Phi) is 2.63. The van der Waals surface area contributed by atoms with Gasteiger partial charge in [0.25, 0.3) is 0 Å². The van der Waals surface area contributed by atoms with E-state index in [1.165, 1.54) is 5.57 Å². The Labute approximate surface area is 69.9 Å². The number of thioether (sulfide) groups is 1. The van der Waals surface area contributed by atoms with Crippen molar-refractivity contribution in [2.75, 3.05) is 0 Å². The van der Waals surface area contributed by atoms with E-state index in [9.17, 15) is 4.79 Å². The van der Waals surface area contributed by atoms with Crippen LogP contribution in [0.25, 0.3) is 0 Å². The van der Waals surface area contributed by atoms with Crippen LogP contribution in [0, 0.1) is 0 Å². The number of ketones is 1. The summed E-state index contributed by atoms with van der Waals surface area (Å²) >= 11 is 6.51. The normalized spacial score (nSPS) is 17.3. The highest BCUT2D eigenvalue weighted by atomic mass is 32.2. The Morgan fingerprint density at radius 1 is 1.90 bits per heavy atom. The maximum absolute atomic E-state index is 10.6. The Balaban J connectivity index is 2.44. The minimum absolute atomic E-state index is 0.219. The molecule has 0 spiro atoms. The van der Waals surface area contributed by atoms with Crippen LogP contribution in [0.1, 0.15) is 19.8 Å². The number of carbonyl (C=O) groups excluding carboxylic acids is 1. The van der Waals surface area contributed by atoms with Gasteiger partial charge >= 0.3 is 0 Å². The number of carbonyl (C=O) groups is 1. The molecule has 3 heteroatoms. The van der Waals surface area contributed by atoms with Crippen LogP contribution in [-0.4, -0.2) is 9.98 Å². The van der Waals surface area contributed by atoms with E-state index >= 15 is 0 Å². The molecule has 0 aromatic carbocycles. The molecule has 0 aliphatic carbocycles. The summed E-state index contributed by atoms with van der Waals surface area (Å²) in [5.74, 6) is 0.219. The lowest BCUT2D eigenvalue weighted by Gasteiger charge is -1.93. The maximum Gasteiger partial charge on any atom is 0.133 e. The van der Waals surface area contributed by atoms with Crippen LogP contribution in [0.3, 0.4) is 0 Å². The Hall–Kier alpha value is -0.150. The lowest BCUT2D eigenvalue weighted by Crippen LogP contribution is -1.92. The fourth-order valence-corrected chi connectivity index (χ4v) is 1.90. The third-order valence-corrected chi connectivity index (χ3v) is 2.50. The van der Waals surface area contributed by atoms with Crippen LogP contribution in [0.5, 0.6) is 0 Å². The van der Waals surface area contributed by atoms with Gasteiger partial charge in [0.15, 0.2) is 0 Å². The molecule has 1 heterocycles. The lowest BCUT2D eigenvalue weighted by molar-refractivity contribution is -0.116. The summed E-state index contributed by atoms with van der Waals surface area (Å²) in [6.07, 6.45) is 1.41. The molecule has 0 amide bonds. The fraction of sp³-hybridized carbons (Fsp3) is 0.429. The third kappa shape index (κ3) is 2.23. The third-order valence-electron chi connectivity index (χ3n) is 1.20. The van der Waals surface area contributed by atoms with Gasteiger partial charge in [-0.25, -0.2) is 0 Å². The van der Waals surface area contributed by atoms with Crippen LogP contribution in [0.4, 0.5) is 0 Å². The van der Waals surface area contributed by atoms with Crippen molar-refractivity contribution >= 4 is 34.0 Å². The van der Waals surface area contributed by atoms with Gasteiger partial charge in [0.1, 0.15) is 5.78 Å². The summed E-state index contributed by atoms with van der Waals surface area (Å²) in [6, 6.07) is 0. The van der Waals surface area contributed by atoms with Gasteiger partial charge in [0.2, 0.25) is 0 Å². The molecule has 1 aliphatic heterocycles. The van der Waals surface area contributed by atoms with Crippen LogP contribution < -0.4 is 0 Å². The van der Waals surface area contributed by atoms with Gasteiger partial charge in [0.05, 0.1) is 4.20 Å². The summed E-state index contributed by atoms with van der Waals surface area (Å²) < 4.78 is 0.983. The molecule has 0 aromatic heterocycles. The molecule has 10 heavy (non-hydrogen) atoms. The lowest BCUT2D eigenvalue weighted by atomic mass is 10.1. The molecule has 0 saturated heterocycles. The topological polar surface area (TPSA) is 17.1 Å². The van der Waals surface area contributed by atoms with Gasteiger partial charge in [-0.2, -0.15) is 0 Å². The summed E-state index contributed by atoms with van der Waals surface area (Å²) in [5, 5.41) is 1.99. The van der Waals surface area contributed by atoms with Crippen LogP contribution >= 0.6 is 24.0 Å². The minimum atomic E-state index is 0.219. The average molecular weight is 172 g/mol. The Morgan fingerprint density at radius 2 is 2.60 bits per heavy atom. The zero-order chi connectivity index (χ0) is 7.56. The highest BCUT2D eigenvalue weighted by molar-refractivity contribution is 8.25. The molecule has 0 unspecified atom stereocenters. The van der Waals surface area contributed by atoms with Crippen molar-refractivity contribution < 1.29 is 4.79 Å². The number of hydrogen-bond donors (Lipinski definition) is 0. The molecule has 0 atom stereocenters. The summed E-state index contributed by atoms with van der Waals surface area (Å²) in [7, 11) is 0. The predicted molar refractivity (Wildman–Crippen MR) is 48.2 cm³/mol. The highest BCUT2D eigenvalue weighted by Crippen LogP contribution is 2.27. The summed E-state index contributed by atoms with van der Waals surface area (Å²) in [5.41, 5.74) is 1.17. The van der Waals surface area contributed by atoms with Gasteiger partial charge in [-0.05, 0) is 12.3 Å². The highest BCUT2D eigenvalue weighted by Gasteiger charge is 2.11. The van der Waals surface area contributed by atoms with Crippen LogP contribution in [0.2, 0.25) is 0 Å². The summed E-state index contributed by atoms with van der Waals surface area (Å²) in [4.78, 5) is 10.6. The first-order chi connectivity index (χ1) is 4.68. The second-order valence-corrected chi connectivity index (χ2v) is 4.04. The SMILES string of the molecule is CC(=O)CC1=CSC(=S)C1. The smallest absolute Gasteiger partial charge is 0.133 e. The standard InChI is InChI=1S/C7H8OS2/c1-5(8)2-6-3-7(9)10-4-6/h4H,2-3H2,1H3. The number of Topliss-reactive ketones (excluding diaryl/α,β-unsaturated/α-hetero) is 1. The molecular formula is C7H8OS2. The van der Waals surface area contributed by atoms with E-state index in [0.29, 0.717) is 6.42 Å². The van der Waals surface area contributed by atoms with Gasteiger partial charge in [0, 0.05) is 12.8 Å². The van der Waals surface area contributed by atoms with E-state index in [0.717, 1.165) is 10.6 Å². The Bertz CT molecular complexity index is 206. The van der Waals surface area contributed by atoms with Crippen molar-refractivity contribution in [2.24, 2.45) is 0 Å². The predicted octanol–water partition coefficient (Wildman–Crippen LogP) is 2.31.